The molecule has 1 aliphatic carbocycles. The zero-order valence-electron chi connectivity index (χ0n) is 11.7. The van der Waals surface area contributed by atoms with Gasteiger partial charge in [0.1, 0.15) is 0 Å². The maximum atomic E-state index is 5.53. The molecule has 0 unspecified atom stereocenters. The summed E-state index contributed by atoms with van der Waals surface area (Å²) in [5, 5.41) is 4.27. The normalized spacial score (nSPS) is 17.4. The van der Waals surface area contributed by atoms with Crippen LogP contribution in [0.5, 0.6) is 0 Å². The van der Waals surface area contributed by atoms with Crippen molar-refractivity contribution in [1.82, 2.24) is 10.1 Å². The fourth-order valence-corrected chi connectivity index (χ4v) is 3.18. The second-order valence-corrected chi connectivity index (χ2v) is 5.56. The number of aryl methyl sites for hydroxylation is 1. The van der Waals surface area contributed by atoms with E-state index in [1.807, 2.05) is 0 Å². The molecule has 0 saturated heterocycles. The first kappa shape index (κ1) is 13.3. The third-order valence-corrected chi connectivity index (χ3v) is 4.27. The number of nitrogens with zero attached hydrogens (tertiary/aromatic N) is 2. The average Bonchev–Trinajstić information content (AvgIpc) is 3.16. The first-order chi connectivity index (χ1) is 9.85. The maximum absolute atomic E-state index is 5.53. The van der Waals surface area contributed by atoms with E-state index in [0.717, 1.165) is 31.5 Å². The SMILES string of the molecule is NCCCc1nc(C2(c3ccccc3)CCCC2)no1. The van der Waals surface area contributed by atoms with Crippen molar-refractivity contribution in [1.29, 1.82) is 0 Å². The second kappa shape index (κ2) is 5.75. The number of aromatic nitrogens is 2. The van der Waals surface area contributed by atoms with Gasteiger partial charge in [0.15, 0.2) is 5.82 Å². The highest BCUT2D eigenvalue weighted by atomic mass is 16.5. The van der Waals surface area contributed by atoms with Gasteiger partial charge in [0.2, 0.25) is 5.89 Å². The Morgan fingerprint density at radius 2 is 1.90 bits per heavy atom. The van der Waals surface area contributed by atoms with Crippen molar-refractivity contribution in [2.75, 3.05) is 6.54 Å². The van der Waals surface area contributed by atoms with E-state index >= 15 is 0 Å². The summed E-state index contributed by atoms with van der Waals surface area (Å²) >= 11 is 0. The average molecular weight is 271 g/mol. The highest BCUT2D eigenvalue weighted by molar-refractivity contribution is 5.33. The Morgan fingerprint density at radius 3 is 2.60 bits per heavy atom. The molecule has 1 aromatic carbocycles. The van der Waals surface area contributed by atoms with E-state index in [9.17, 15) is 0 Å². The van der Waals surface area contributed by atoms with Gasteiger partial charge in [-0.1, -0.05) is 48.3 Å². The van der Waals surface area contributed by atoms with Crippen LogP contribution in [0.1, 0.15) is 49.4 Å². The lowest BCUT2D eigenvalue weighted by molar-refractivity contribution is 0.358. The zero-order valence-corrected chi connectivity index (χ0v) is 11.7. The van der Waals surface area contributed by atoms with Crippen LogP contribution >= 0.6 is 0 Å². The zero-order chi connectivity index (χ0) is 13.8. The van der Waals surface area contributed by atoms with Gasteiger partial charge in [-0.3, -0.25) is 0 Å². The third kappa shape index (κ3) is 2.36. The predicted octanol–water partition coefficient (Wildman–Crippen LogP) is 2.82. The van der Waals surface area contributed by atoms with Gasteiger partial charge < -0.3 is 10.3 Å². The van der Waals surface area contributed by atoms with E-state index in [1.165, 1.54) is 18.4 Å². The monoisotopic (exact) mass is 271 g/mol. The van der Waals surface area contributed by atoms with E-state index < -0.39 is 0 Å². The van der Waals surface area contributed by atoms with E-state index in [1.54, 1.807) is 0 Å². The molecule has 1 fully saturated rings. The lowest BCUT2D eigenvalue weighted by atomic mass is 9.78. The molecule has 0 atom stereocenters. The molecule has 0 bridgehead atoms. The maximum Gasteiger partial charge on any atom is 0.226 e. The molecule has 0 aliphatic heterocycles. The number of hydrogen-bond donors (Lipinski definition) is 1. The molecule has 0 radical (unpaired) electrons. The number of hydrogen-bond acceptors (Lipinski definition) is 4. The fourth-order valence-electron chi connectivity index (χ4n) is 3.18. The van der Waals surface area contributed by atoms with Gasteiger partial charge in [0.25, 0.3) is 0 Å². The van der Waals surface area contributed by atoms with Crippen LogP contribution in [0, 0.1) is 0 Å². The molecule has 1 heterocycles. The minimum atomic E-state index is -0.0499. The Labute approximate surface area is 119 Å². The molecule has 4 heteroatoms. The molecule has 106 valence electrons. The molecule has 1 aromatic heterocycles. The molecule has 1 aliphatic rings. The molecule has 3 rings (SSSR count). The van der Waals surface area contributed by atoms with Gasteiger partial charge >= 0.3 is 0 Å². The third-order valence-electron chi connectivity index (χ3n) is 4.27. The van der Waals surface area contributed by atoms with Crippen molar-refractivity contribution in [3.8, 4) is 0 Å². The largest absolute Gasteiger partial charge is 0.339 e. The molecule has 20 heavy (non-hydrogen) atoms. The fraction of sp³-hybridized carbons (Fsp3) is 0.500. The Morgan fingerprint density at radius 1 is 1.15 bits per heavy atom. The van der Waals surface area contributed by atoms with Crippen LogP contribution in [0.3, 0.4) is 0 Å². The van der Waals surface area contributed by atoms with Crippen LogP contribution in [-0.2, 0) is 11.8 Å². The van der Waals surface area contributed by atoms with Crippen LogP contribution in [-0.4, -0.2) is 16.7 Å². The molecular formula is C16H21N3O. The highest BCUT2D eigenvalue weighted by Crippen LogP contribution is 2.45. The summed E-state index contributed by atoms with van der Waals surface area (Å²) in [4.78, 5) is 4.64. The summed E-state index contributed by atoms with van der Waals surface area (Å²) < 4.78 is 5.41. The quantitative estimate of drug-likeness (QED) is 0.908. The van der Waals surface area contributed by atoms with Gasteiger partial charge in [0.05, 0.1) is 5.41 Å². The van der Waals surface area contributed by atoms with E-state index in [2.05, 4.69) is 40.5 Å². The molecule has 2 N–H and O–H groups in total. The van der Waals surface area contributed by atoms with Crippen LogP contribution < -0.4 is 5.73 Å². The molecule has 4 nitrogen and oxygen atoms in total. The highest BCUT2D eigenvalue weighted by Gasteiger charge is 2.41. The molecule has 1 saturated carbocycles. The molecule has 0 spiro atoms. The van der Waals surface area contributed by atoms with E-state index in [0.29, 0.717) is 12.4 Å². The van der Waals surface area contributed by atoms with Crippen molar-refractivity contribution in [3.05, 3.63) is 47.6 Å². The molecule has 0 amide bonds. The van der Waals surface area contributed by atoms with E-state index in [4.69, 9.17) is 10.3 Å². The Hall–Kier alpha value is -1.68. The standard InChI is InChI=1S/C16H21N3O/c17-12-6-9-14-18-15(19-20-14)16(10-4-5-11-16)13-7-2-1-3-8-13/h1-3,7-8H,4-6,9-12,17H2. The predicted molar refractivity (Wildman–Crippen MR) is 77.4 cm³/mol. The first-order valence-electron chi connectivity index (χ1n) is 7.44. The minimum absolute atomic E-state index is 0.0499. The van der Waals surface area contributed by atoms with Crippen molar-refractivity contribution >= 4 is 0 Å². The lowest BCUT2D eigenvalue weighted by Crippen LogP contribution is -2.25. The Balaban J connectivity index is 1.93. The Bertz CT molecular complexity index is 544. The van der Waals surface area contributed by atoms with Crippen molar-refractivity contribution < 1.29 is 4.52 Å². The summed E-state index contributed by atoms with van der Waals surface area (Å²) in [5.41, 5.74) is 6.79. The van der Waals surface area contributed by atoms with Crippen molar-refractivity contribution in [3.63, 3.8) is 0 Å². The number of rotatable bonds is 5. The molecule has 2 aromatic rings. The van der Waals surface area contributed by atoms with Crippen LogP contribution in [0.15, 0.2) is 34.9 Å². The van der Waals surface area contributed by atoms with Gasteiger partial charge in [-0.05, 0) is 31.4 Å². The summed E-state index contributed by atoms with van der Waals surface area (Å²) in [6.07, 6.45) is 6.32. The lowest BCUT2D eigenvalue weighted by Gasteiger charge is -2.25. The van der Waals surface area contributed by atoms with Gasteiger partial charge in [-0.25, -0.2) is 0 Å². The van der Waals surface area contributed by atoms with Crippen LogP contribution in [0.2, 0.25) is 0 Å². The smallest absolute Gasteiger partial charge is 0.226 e. The second-order valence-electron chi connectivity index (χ2n) is 5.56. The topological polar surface area (TPSA) is 64.9 Å². The number of nitrogens with two attached hydrogens (primary N) is 1. The van der Waals surface area contributed by atoms with Crippen LogP contribution in [0.4, 0.5) is 0 Å². The van der Waals surface area contributed by atoms with Crippen LogP contribution in [0.25, 0.3) is 0 Å². The van der Waals surface area contributed by atoms with Gasteiger partial charge in [-0.15, -0.1) is 0 Å². The summed E-state index contributed by atoms with van der Waals surface area (Å²) in [7, 11) is 0. The van der Waals surface area contributed by atoms with E-state index in [-0.39, 0.29) is 5.41 Å². The van der Waals surface area contributed by atoms with Crippen molar-refractivity contribution in [2.24, 2.45) is 5.73 Å². The molecular weight excluding hydrogens is 250 g/mol. The summed E-state index contributed by atoms with van der Waals surface area (Å²) in [6, 6.07) is 10.6. The van der Waals surface area contributed by atoms with Crippen molar-refractivity contribution in [2.45, 2.75) is 43.9 Å². The van der Waals surface area contributed by atoms with Gasteiger partial charge in [-0.2, -0.15) is 4.98 Å². The van der Waals surface area contributed by atoms with Gasteiger partial charge in [0, 0.05) is 6.42 Å². The number of benzene rings is 1. The summed E-state index contributed by atoms with van der Waals surface area (Å²) in [6.45, 7) is 0.654. The first-order valence-corrected chi connectivity index (χ1v) is 7.44. The summed E-state index contributed by atoms with van der Waals surface area (Å²) in [5.74, 6) is 1.57. The Kier molecular flexibility index (Phi) is 3.83. The minimum Gasteiger partial charge on any atom is -0.339 e.